The molecule has 0 unspecified atom stereocenters. The van der Waals surface area contributed by atoms with Gasteiger partial charge in [-0.3, -0.25) is 9.59 Å². The summed E-state index contributed by atoms with van der Waals surface area (Å²) in [5.41, 5.74) is 1.58. The van der Waals surface area contributed by atoms with E-state index >= 15 is 0 Å². The molecular formula is C26H27ClN2O7. The second kappa shape index (κ2) is 9.66. The highest BCUT2D eigenvalue weighted by Gasteiger charge is 2.36. The predicted octanol–water partition coefficient (Wildman–Crippen LogP) is 5.65. The Morgan fingerprint density at radius 3 is 2.31 bits per heavy atom. The smallest absolute Gasteiger partial charge is 0.291 e. The number of furan rings is 1. The average Bonchev–Trinajstić information content (AvgIpc) is 3.32. The van der Waals surface area contributed by atoms with E-state index in [0.717, 1.165) is 11.3 Å². The summed E-state index contributed by atoms with van der Waals surface area (Å²) in [7, 11) is 6.18. The number of nitrogens with one attached hydrogen (secondary N) is 1. The number of carbonyl (C=O) groups excluding carboxylic acids is 2. The molecule has 1 aliphatic rings. The molecule has 1 N–H and O–H groups in total. The van der Waals surface area contributed by atoms with Crippen LogP contribution in [0.15, 0.2) is 40.8 Å². The normalized spacial score (nSPS) is 14.2. The lowest BCUT2D eigenvalue weighted by Gasteiger charge is -2.37. The monoisotopic (exact) mass is 514 g/mol. The van der Waals surface area contributed by atoms with Gasteiger partial charge in [0, 0.05) is 42.8 Å². The third kappa shape index (κ3) is 4.66. The van der Waals surface area contributed by atoms with E-state index in [-0.39, 0.29) is 17.6 Å². The van der Waals surface area contributed by atoms with Crippen LogP contribution in [0.1, 0.15) is 36.4 Å². The van der Waals surface area contributed by atoms with Gasteiger partial charge >= 0.3 is 0 Å². The zero-order valence-corrected chi connectivity index (χ0v) is 21.6. The number of hydrogen-bond acceptors (Lipinski definition) is 7. The van der Waals surface area contributed by atoms with Gasteiger partial charge in [-0.2, -0.15) is 0 Å². The minimum Gasteiger partial charge on any atom is -0.496 e. The second-order valence-electron chi connectivity index (χ2n) is 8.89. The molecule has 36 heavy (non-hydrogen) atoms. The maximum Gasteiger partial charge on any atom is 0.291 e. The van der Waals surface area contributed by atoms with Crippen LogP contribution in [0.4, 0.5) is 11.4 Å². The number of rotatable bonds is 7. The Morgan fingerprint density at radius 2 is 1.69 bits per heavy atom. The highest BCUT2D eigenvalue weighted by Crippen LogP contribution is 2.45. The molecule has 0 spiro atoms. The highest BCUT2D eigenvalue weighted by molar-refractivity contribution is 6.32. The summed E-state index contributed by atoms with van der Waals surface area (Å²) in [6.45, 7) is 3.98. The van der Waals surface area contributed by atoms with Gasteiger partial charge < -0.3 is 33.6 Å². The first-order valence-corrected chi connectivity index (χ1v) is 11.5. The van der Waals surface area contributed by atoms with Crippen molar-refractivity contribution in [3.63, 3.8) is 0 Å². The van der Waals surface area contributed by atoms with Crippen molar-refractivity contribution in [3.8, 4) is 28.9 Å². The topological polar surface area (TPSA) is 99.5 Å². The Balaban J connectivity index is 1.58. The SMILES string of the molecule is COc1cc(OC)c(NC(=O)c2ccc(Oc3cc4c(cc3Cl)N(C)C(=O)CC4(C)C)o2)c(OC)c1. The van der Waals surface area contributed by atoms with Gasteiger partial charge in [0.25, 0.3) is 11.9 Å². The molecule has 4 rings (SSSR count). The molecule has 0 aliphatic carbocycles. The zero-order chi connectivity index (χ0) is 26.2. The maximum absolute atomic E-state index is 12.9. The number of carbonyl (C=O) groups is 2. The molecule has 1 aliphatic heterocycles. The number of fused-ring (bicyclic) bond motifs is 1. The van der Waals surface area contributed by atoms with Gasteiger partial charge in [0.05, 0.1) is 26.4 Å². The van der Waals surface area contributed by atoms with Crippen LogP contribution < -0.4 is 29.2 Å². The average molecular weight is 515 g/mol. The number of halogens is 1. The standard InChI is InChI=1S/C26H27ClN2O7/c1-26(2)13-22(30)29(3)17-12-16(27)19(11-15(17)26)36-23-8-7-18(35-23)25(31)28-24-20(33-5)9-14(32-4)10-21(24)34-6/h7-12H,13H2,1-6H3,(H,28,31). The maximum atomic E-state index is 12.9. The number of anilines is 2. The number of methoxy groups -OCH3 is 3. The molecule has 2 aromatic carbocycles. The van der Waals surface area contributed by atoms with Crippen molar-refractivity contribution in [3.05, 3.63) is 52.7 Å². The largest absolute Gasteiger partial charge is 0.496 e. The van der Waals surface area contributed by atoms with Crippen LogP contribution in [-0.4, -0.2) is 40.2 Å². The Hall–Kier alpha value is -3.85. The Labute approximate surface area is 213 Å². The predicted molar refractivity (Wildman–Crippen MR) is 135 cm³/mol. The van der Waals surface area contributed by atoms with E-state index in [2.05, 4.69) is 5.32 Å². The van der Waals surface area contributed by atoms with Crippen LogP contribution >= 0.6 is 11.6 Å². The molecule has 10 heteroatoms. The van der Waals surface area contributed by atoms with E-state index < -0.39 is 11.3 Å². The van der Waals surface area contributed by atoms with Crippen molar-refractivity contribution < 1.29 is 33.0 Å². The van der Waals surface area contributed by atoms with Crippen LogP contribution in [0, 0.1) is 0 Å². The van der Waals surface area contributed by atoms with Crippen molar-refractivity contribution >= 4 is 34.8 Å². The number of hydrogen-bond donors (Lipinski definition) is 1. The first-order valence-electron chi connectivity index (χ1n) is 11.1. The van der Waals surface area contributed by atoms with Gasteiger partial charge in [-0.05, 0) is 23.8 Å². The molecule has 0 radical (unpaired) electrons. The fourth-order valence-electron chi connectivity index (χ4n) is 4.08. The summed E-state index contributed by atoms with van der Waals surface area (Å²) < 4.78 is 27.5. The van der Waals surface area contributed by atoms with Gasteiger partial charge in [0.15, 0.2) is 5.76 Å². The van der Waals surface area contributed by atoms with E-state index in [4.69, 9.17) is 35.0 Å². The Kier molecular flexibility index (Phi) is 6.77. The Morgan fingerprint density at radius 1 is 1.03 bits per heavy atom. The van der Waals surface area contributed by atoms with Crippen LogP contribution in [0.25, 0.3) is 0 Å². The molecular weight excluding hydrogens is 488 g/mol. The van der Waals surface area contributed by atoms with E-state index in [1.54, 1.807) is 36.2 Å². The van der Waals surface area contributed by atoms with Crippen LogP contribution in [0.2, 0.25) is 5.02 Å². The highest BCUT2D eigenvalue weighted by atomic mass is 35.5. The minimum absolute atomic E-state index is 0.00432. The van der Waals surface area contributed by atoms with Gasteiger partial charge in [-0.1, -0.05) is 25.4 Å². The molecule has 9 nitrogen and oxygen atoms in total. The van der Waals surface area contributed by atoms with Gasteiger partial charge in [0.2, 0.25) is 5.91 Å². The van der Waals surface area contributed by atoms with Crippen molar-refractivity contribution in [1.29, 1.82) is 0 Å². The molecule has 2 amide bonds. The molecule has 3 aromatic rings. The quantitative estimate of drug-likeness (QED) is 0.435. The molecule has 0 fully saturated rings. The van der Waals surface area contributed by atoms with E-state index in [1.165, 1.54) is 33.5 Å². The number of amides is 2. The first kappa shape index (κ1) is 25.2. The number of nitrogens with zero attached hydrogens (tertiary/aromatic N) is 1. The van der Waals surface area contributed by atoms with Crippen molar-refractivity contribution in [2.24, 2.45) is 0 Å². The van der Waals surface area contributed by atoms with Gasteiger partial charge in [-0.25, -0.2) is 0 Å². The Bertz CT molecular complexity index is 1310. The van der Waals surface area contributed by atoms with Gasteiger partial charge in [-0.15, -0.1) is 0 Å². The van der Waals surface area contributed by atoms with Gasteiger partial charge in [0.1, 0.15) is 28.7 Å². The van der Waals surface area contributed by atoms with Crippen molar-refractivity contribution in [2.75, 3.05) is 38.6 Å². The van der Waals surface area contributed by atoms with E-state index in [9.17, 15) is 9.59 Å². The summed E-state index contributed by atoms with van der Waals surface area (Å²) in [5.74, 6) is 1.14. The van der Waals surface area contributed by atoms with Crippen LogP contribution in [-0.2, 0) is 10.2 Å². The number of benzene rings is 2. The lowest BCUT2D eigenvalue weighted by Crippen LogP contribution is -2.39. The lowest BCUT2D eigenvalue weighted by molar-refractivity contribution is -0.119. The third-order valence-corrected chi connectivity index (χ3v) is 6.37. The van der Waals surface area contributed by atoms with Crippen LogP contribution in [0.3, 0.4) is 0 Å². The molecule has 0 saturated heterocycles. The molecule has 1 aromatic heterocycles. The summed E-state index contributed by atoms with van der Waals surface area (Å²) in [6, 6.07) is 9.75. The fraction of sp³-hybridized carbons (Fsp3) is 0.308. The van der Waals surface area contributed by atoms with E-state index in [1.807, 2.05) is 13.8 Å². The zero-order valence-electron chi connectivity index (χ0n) is 20.9. The van der Waals surface area contributed by atoms with Crippen LogP contribution in [0.5, 0.6) is 28.9 Å². The number of ether oxygens (including phenoxy) is 4. The summed E-state index contributed by atoms with van der Waals surface area (Å²) in [5, 5.41) is 3.05. The fourth-order valence-corrected chi connectivity index (χ4v) is 4.27. The molecule has 190 valence electrons. The van der Waals surface area contributed by atoms with Crippen molar-refractivity contribution in [1.82, 2.24) is 0 Å². The first-order chi connectivity index (χ1) is 17.1. The minimum atomic E-state index is -0.538. The summed E-state index contributed by atoms with van der Waals surface area (Å²) >= 11 is 6.46. The lowest BCUT2D eigenvalue weighted by atomic mass is 9.77. The summed E-state index contributed by atoms with van der Waals surface area (Å²) in [6.07, 6.45) is 0.362. The van der Waals surface area contributed by atoms with E-state index in [0.29, 0.717) is 40.1 Å². The molecule has 0 saturated carbocycles. The third-order valence-electron chi connectivity index (χ3n) is 6.08. The second-order valence-corrected chi connectivity index (χ2v) is 9.30. The van der Waals surface area contributed by atoms with Crippen molar-refractivity contribution in [2.45, 2.75) is 25.7 Å². The summed E-state index contributed by atoms with van der Waals surface area (Å²) in [4.78, 5) is 26.9. The molecule has 2 heterocycles. The molecule has 0 atom stereocenters. The molecule has 0 bridgehead atoms.